The Morgan fingerprint density at radius 1 is 0.909 bits per heavy atom. The lowest BCUT2D eigenvalue weighted by Gasteiger charge is -2.15. The number of amides is 1. The third kappa shape index (κ3) is 4.88. The number of aromatic nitrogens is 1. The fourth-order valence-corrected chi connectivity index (χ4v) is 4.22. The van der Waals surface area contributed by atoms with Crippen molar-refractivity contribution >= 4 is 22.4 Å². The molecule has 1 heterocycles. The van der Waals surface area contributed by atoms with Crippen LogP contribution in [-0.2, 0) is 13.0 Å². The van der Waals surface area contributed by atoms with Gasteiger partial charge in [-0.2, -0.15) is 0 Å². The van der Waals surface area contributed by atoms with E-state index in [0.717, 1.165) is 45.3 Å². The van der Waals surface area contributed by atoms with Crippen LogP contribution in [-0.4, -0.2) is 10.9 Å². The largest absolute Gasteiger partial charge is 0.348 e. The van der Waals surface area contributed by atoms with E-state index in [1.54, 1.807) is 0 Å². The first-order valence-electron chi connectivity index (χ1n) is 11.5. The van der Waals surface area contributed by atoms with Gasteiger partial charge in [0.2, 0.25) is 0 Å². The van der Waals surface area contributed by atoms with E-state index in [1.165, 1.54) is 11.1 Å². The molecule has 4 aromatic rings. The molecule has 1 N–H and O–H groups in total. The van der Waals surface area contributed by atoms with Crippen molar-refractivity contribution in [2.45, 2.75) is 40.7 Å². The first-order chi connectivity index (χ1) is 16.0. The van der Waals surface area contributed by atoms with Crippen LogP contribution < -0.4 is 5.32 Å². The molecule has 0 radical (unpaired) electrons. The minimum Gasteiger partial charge on any atom is -0.348 e. The van der Waals surface area contributed by atoms with Gasteiger partial charge in [-0.25, -0.2) is 4.98 Å². The van der Waals surface area contributed by atoms with Gasteiger partial charge in [-0.1, -0.05) is 73.2 Å². The number of hydrogen-bond acceptors (Lipinski definition) is 2. The molecule has 0 aliphatic rings. The van der Waals surface area contributed by atoms with Crippen molar-refractivity contribution in [3.05, 3.63) is 118 Å². The second-order valence-electron chi connectivity index (χ2n) is 8.45. The van der Waals surface area contributed by atoms with E-state index in [9.17, 15) is 4.79 Å². The number of carbonyl (C=O) groups is 1. The van der Waals surface area contributed by atoms with E-state index >= 15 is 0 Å². The molecule has 3 heteroatoms. The fourth-order valence-electron chi connectivity index (χ4n) is 4.22. The van der Waals surface area contributed by atoms with Crippen molar-refractivity contribution in [2.24, 2.45) is 0 Å². The van der Waals surface area contributed by atoms with Crippen LogP contribution in [0.1, 0.15) is 57.7 Å². The van der Waals surface area contributed by atoms with Crippen LogP contribution in [0.5, 0.6) is 0 Å². The maximum absolute atomic E-state index is 13.4. The van der Waals surface area contributed by atoms with Crippen LogP contribution in [0.3, 0.4) is 0 Å². The maximum Gasteiger partial charge on any atom is 0.252 e. The van der Waals surface area contributed by atoms with E-state index < -0.39 is 0 Å². The number of aryl methyl sites for hydroxylation is 3. The van der Waals surface area contributed by atoms with Crippen molar-refractivity contribution in [3.63, 3.8) is 0 Å². The summed E-state index contributed by atoms with van der Waals surface area (Å²) in [6, 6.07) is 24.7. The quantitative estimate of drug-likeness (QED) is 0.363. The molecule has 33 heavy (non-hydrogen) atoms. The lowest BCUT2D eigenvalue weighted by molar-refractivity contribution is 0.0952. The summed E-state index contributed by atoms with van der Waals surface area (Å²) in [6.45, 7) is 8.78. The predicted octanol–water partition coefficient (Wildman–Crippen LogP) is 6.80. The van der Waals surface area contributed by atoms with Crippen LogP contribution >= 0.6 is 0 Å². The van der Waals surface area contributed by atoms with Crippen molar-refractivity contribution in [2.75, 3.05) is 0 Å². The number of fused-ring (bicyclic) bond motifs is 1. The standard InChI is InChI=1S/C30H30N2O/c1-5-22-11-9-12-23(17-22)19-31-30(33)27-18-29(32-28-15-14-20(3)16-26(27)28)24(6-2)25-13-8-7-10-21(25)4/h6-18H,5,19H2,1-4H3,(H,31,33)/b24-6+. The highest BCUT2D eigenvalue weighted by atomic mass is 16.1. The molecule has 0 fully saturated rings. The summed E-state index contributed by atoms with van der Waals surface area (Å²) >= 11 is 0. The van der Waals surface area contributed by atoms with Crippen molar-refractivity contribution < 1.29 is 4.79 Å². The van der Waals surface area contributed by atoms with Crippen LogP contribution in [0.25, 0.3) is 16.5 Å². The molecule has 0 saturated heterocycles. The SMILES string of the molecule is C/C=C(/c1cc(C(=O)NCc2cccc(CC)c2)c2cc(C)ccc2n1)c1ccccc1C. The Morgan fingerprint density at radius 2 is 1.70 bits per heavy atom. The van der Waals surface area contributed by atoms with E-state index in [0.29, 0.717) is 12.1 Å². The molecule has 3 nitrogen and oxygen atoms in total. The van der Waals surface area contributed by atoms with Gasteiger partial charge in [0.25, 0.3) is 5.91 Å². The lowest BCUT2D eigenvalue weighted by atomic mass is 9.95. The van der Waals surface area contributed by atoms with Gasteiger partial charge in [0.15, 0.2) is 0 Å². The summed E-state index contributed by atoms with van der Waals surface area (Å²) in [5.41, 5.74) is 9.09. The number of nitrogens with zero attached hydrogens (tertiary/aromatic N) is 1. The molecule has 0 aliphatic carbocycles. The second kappa shape index (κ2) is 9.83. The first kappa shape index (κ1) is 22.5. The number of allylic oxidation sites excluding steroid dienone is 1. The molecular weight excluding hydrogens is 404 g/mol. The average molecular weight is 435 g/mol. The Bertz CT molecular complexity index is 1350. The van der Waals surface area contributed by atoms with E-state index in [1.807, 2.05) is 56.3 Å². The molecule has 0 spiro atoms. The maximum atomic E-state index is 13.4. The van der Waals surface area contributed by atoms with Crippen LogP contribution in [0.4, 0.5) is 0 Å². The van der Waals surface area contributed by atoms with Crippen LogP contribution in [0, 0.1) is 13.8 Å². The summed E-state index contributed by atoms with van der Waals surface area (Å²) in [6.07, 6.45) is 3.05. The number of rotatable bonds is 6. The minimum atomic E-state index is -0.0867. The number of nitrogens with one attached hydrogen (secondary N) is 1. The number of pyridine rings is 1. The molecule has 0 saturated carbocycles. The van der Waals surface area contributed by atoms with Gasteiger partial charge in [0, 0.05) is 17.5 Å². The fraction of sp³-hybridized carbons (Fsp3) is 0.200. The van der Waals surface area contributed by atoms with Gasteiger partial charge in [0.1, 0.15) is 0 Å². The summed E-state index contributed by atoms with van der Waals surface area (Å²) in [7, 11) is 0. The minimum absolute atomic E-state index is 0.0867. The molecule has 1 aromatic heterocycles. The molecule has 0 aliphatic heterocycles. The molecule has 1 amide bonds. The number of carbonyl (C=O) groups excluding carboxylic acids is 1. The van der Waals surface area contributed by atoms with Crippen molar-refractivity contribution in [3.8, 4) is 0 Å². The number of hydrogen-bond donors (Lipinski definition) is 1. The summed E-state index contributed by atoms with van der Waals surface area (Å²) in [5, 5.41) is 4.00. The van der Waals surface area contributed by atoms with Gasteiger partial charge in [0.05, 0.1) is 16.8 Å². The first-order valence-corrected chi connectivity index (χ1v) is 11.5. The highest BCUT2D eigenvalue weighted by Gasteiger charge is 2.16. The zero-order valence-electron chi connectivity index (χ0n) is 19.8. The van der Waals surface area contributed by atoms with Gasteiger partial charge in [-0.15, -0.1) is 0 Å². The van der Waals surface area contributed by atoms with Gasteiger partial charge in [-0.05, 0) is 67.6 Å². The van der Waals surface area contributed by atoms with E-state index in [4.69, 9.17) is 4.98 Å². The summed E-state index contributed by atoms with van der Waals surface area (Å²) in [4.78, 5) is 18.3. The normalized spacial score (nSPS) is 11.6. The van der Waals surface area contributed by atoms with Crippen LogP contribution in [0.2, 0.25) is 0 Å². The van der Waals surface area contributed by atoms with E-state index in [-0.39, 0.29) is 5.91 Å². The van der Waals surface area contributed by atoms with Crippen molar-refractivity contribution in [1.29, 1.82) is 0 Å². The molecule has 0 unspecified atom stereocenters. The highest BCUT2D eigenvalue weighted by molar-refractivity contribution is 6.07. The molecule has 166 valence electrons. The average Bonchev–Trinajstić information content (AvgIpc) is 2.84. The Kier molecular flexibility index (Phi) is 6.69. The van der Waals surface area contributed by atoms with E-state index in [2.05, 4.69) is 55.6 Å². The van der Waals surface area contributed by atoms with Gasteiger partial charge < -0.3 is 5.32 Å². The predicted molar refractivity (Wildman–Crippen MR) is 137 cm³/mol. The molecule has 0 bridgehead atoms. The Balaban J connectivity index is 1.75. The Hall–Kier alpha value is -3.72. The monoisotopic (exact) mass is 434 g/mol. The lowest BCUT2D eigenvalue weighted by Crippen LogP contribution is -2.23. The second-order valence-corrected chi connectivity index (χ2v) is 8.45. The van der Waals surface area contributed by atoms with Crippen molar-refractivity contribution in [1.82, 2.24) is 10.3 Å². The zero-order chi connectivity index (χ0) is 23.4. The van der Waals surface area contributed by atoms with Gasteiger partial charge >= 0.3 is 0 Å². The third-order valence-electron chi connectivity index (χ3n) is 6.06. The summed E-state index contributed by atoms with van der Waals surface area (Å²) < 4.78 is 0. The Morgan fingerprint density at radius 3 is 2.45 bits per heavy atom. The smallest absolute Gasteiger partial charge is 0.252 e. The molecule has 0 atom stereocenters. The Labute approximate surface area is 196 Å². The van der Waals surface area contributed by atoms with Gasteiger partial charge in [-0.3, -0.25) is 4.79 Å². The van der Waals surface area contributed by atoms with Crippen LogP contribution in [0.15, 0.2) is 78.9 Å². The molecule has 4 rings (SSSR count). The number of benzene rings is 3. The summed E-state index contributed by atoms with van der Waals surface area (Å²) in [5.74, 6) is -0.0867. The zero-order valence-corrected chi connectivity index (χ0v) is 19.8. The third-order valence-corrected chi connectivity index (χ3v) is 6.06. The highest BCUT2D eigenvalue weighted by Crippen LogP contribution is 2.29. The topological polar surface area (TPSA) is 42.0 Å². The molecular formula is C30H30N2O. The molecule has 3 aromatic carbocycles.